The Hall–Kier alpha value is -2.31. The van der Waals surface area contributed by atoms with Gasteiger partial charge in [-0.2, -0.15) is 0 Å². The Labute approximate surface area is 137 Å². The molecule has 0 aliphatic rings. The van der Waals surface area contributed by atoms with Gasteiger partial charge in [0.15, 0.2) is 11.5 Å². The lowest BCUT2D eigenvalue weighted by atomic mass is 9.97. The second-order valence-electron chi connectivity index (χ2n) is 5.34. The molecule has 2 aromatic rings. The van der Waals surface area contributed by atoms with Gasteiger partial charge in [0.05, 0.1) is 6.20 Å². The average Bonchev–Trinajstić information content (AvgIpc) is 2.99. The maximum atomic E-state index is 11.2. The molecule has 0 amide bonds. The molecule has 0 saturated carbocycles. The highest BCUT2D eigenvalue weighted by Crippen LogP contribution is 2.29. The van der Waals surface area contributed by atoms with Gasteiger partial charge >= 0.3 is 5.97 Å². The lowest BCUT2D eigenvalue weighted by Crippen LogP contribution is -2.05. The molecule has 0 N–H and O–H groups in total. The first kappa shape index (κ1) is 17.1. The van der Waals surface area contributed by atoms with Gasteiger partial charge in [-0.05, 0) is 18.6 Å². The fourth-order valence-corrected chi connectivity index (χ4v) is 2.11. The molecule has 6 nitrogen and oxygen atoms in total. The zero-order chi connectivity index (χ0) is 16.7. The Morgan fingerprint density at radius 3 is 2.87 bits per heavy atom. The quantitative estimate of drug-likeness (QED) is 0.421. The van der Waals surface area contributed by atoms with Gasteiger partial charge in [0, 0.05) is 13.5 Å². The molecule has 1 aromatic heterocycles. The number of rotatable bonds is 8. The van der Waals surface area contributed by atoms with E-state index in [1.807, 2.05) is 23.0 Å². The first-order chi connectivity index (χ1) is 11.1. The molecule has 7 heteroatoms. The molecule has 0 radical (unpaired) electrons. The van der Waals surface area contributed by atoms with E-state index in [-0.39, 0.29) is 12.6 Å². The largest absolute Gasteiger partial charge is 0.483 e. The number of carbonyl (C=O) groups excluding carboxylic acids is 1. The van der Waals surface area contributed by atoms with Crippen LogP contribution in [0.2, 0.25) is 0 Å². The normalized spacial score (nSPS) is 10.5. The van der Waals surface area contributed by atoms with Crippen LogP contribution in [0.5, 0.6) is 11.5 Å². The van der Waals surface area contributed by atoms with Crippen LogP contribution in [0.4, 0.5) is 0 Å². The highest BCUT2D eigenvalue weighted by molar-refractivity contribution is 6.08. The van der Waals surface area contributed by atoms with E-state index in [1.165, 1.54) is 6.92 Å². The SMILES string of the molecule is BCc1ccc(OC(C)=O)c(OCc2cn(CCCC)nn2)c1. The minimum absolute atomic E-state index is 0.285. The van der Waals surface area contributed by atoms with E-state index in [9.17, 15) is 4.79 Å². The summed E-state index contributed by atoms with van der Waals surface area (Å²) in [7, 11) is 2.06. The van der Waals surface area contributed by atoms with Gasteiger partial charge in [0.25, 0.3) is 0 Å². The van der Waals surface area contributed by atoms with Crippen LogP contribution in [0.25, 0.3) is 0 Å². The van der Waals surface area contributed by atoms with E-state index in [1.54, 1.807) is 6.07 Å². The third-order valence-corrected chi connectivity index (χ3v) is 3.37. The van der Waals surface area contributed by atoms with E-state index in [2.05, 4.69) is 25.1 Å². The summed E-state index contributed by atoms with van der Waals surface area (Å²) < 4.78 is 12.8. The van der Waals surface area contributed by atoms with Gasteiger partial charge < -0.3 is 9.47 Å². The summed E-state index contributed by atoms with van der Waals surface area (Å²) >= 11 is 0. The van der Waals surface area contributed by atoms with Crippen molar-refractivity contribution in [1.29, 1.82) is 0 Å². The van der Waals surface area contributed by atoms with Gasteiger partial charge in [-0.25, -0.2) is 0 Å². The number of hydrogen-bond acceptors (Lipinski definition) is 5. The van der Waals surface area contributed by atoms with E-state index >= 15 is 0 Å². The van der Waals surface area contributed by atoms with Crippen LogP contribution < -0.4 is 9.47 Å². The van der Waals surface area contributed by atoms with Gasteiger partial charge in [-0.3, -0.25) is 9.48 Å². The van der Waals surface area contributed by atoms with Crippen LogP contribution in [0, 0.1) is 0 Å². The van der Waals surface area contributed by atoms with Crippen molar-refractivity contribution in [1.82, 2.24) is 15.0 Å². The zero-order valence-corrected chi connectivity index (χ0v) is 13.9. The molecule has 1 heterocycles. The predicted octanol–water partition coefficient (Wildman–Crippen LogP) is 1.72. The van der Waals surface area contributed by atoms with Gasteiger partial charge in [0.1, 0.15) is 20.1 Å². The summed E-state index contributed by atoms with van der Waals surface area (Å²) in [5.41, 5.74) is 1.86. The Morgan fingerprint density at radius 1 is 1.35 bits per heavy atom. The van der Waals surface area contributed by atoms with Crippen LogP contribution in [0.1, 0.15) is 37.9 Å². The number of esters is 1. The van der Waals surface area contributed by atoms with Crippen LogP contribution >= 0.6 is 0 Å². The molecule has 2 rings (SSSR count). The Morgan fingerprint density at radius 2 is 2.17 bits per heavy atom. The summed E-state index contributed by atoms with van der Waals surface area (Å²) in [6.07, 6.45) is 4.94. The van der Waals surface area contributed by atoms with Crippen molar-refractivity contribution < 1.29 is 14.3 Å². The predicted molar refractivity (Wildman–Crippen MR) is 89.3 cm³/mol. The molecule has 0 bridgehead atoms. The summed E-state index contributed by atoms with van der Waals surface area (Å²) in [5.74, 6) is 0.598. The molecule has 0 atom stereocenters. The highest BCUT2D eigenvalue weighted by Gasteiger charge is 2.10. The molecule has 23 heavy (non-hydrogen) atoms. The van der Waals surface area contributed by atoms with E-state index in [0.717, 1.165) is 37.0 Å². The molecule has 1 aromatic carbocycles. The molecule has 0 fully saturated rings. The first-order valence-corrected chi connectivity index (χ1v) is 7.95. The molecule has 0 aliphatic heterocycles. The lowest BCUT2D eigenvalue weighted by Gasteiger charge is -2.11. The van der Waals surface area contributed by atoms with Gasteiger partial charge in [-0.1, -0.05) is 36.5 Å². The average molecular weight is 315 g/mol. The number of unbranched alkanes of at least 4 members (excludes halogenated alkanes) is 1. The maximum Gasteiger partial charge on any atom is 0.308 e. The standard InChI is InChI=1S/C16H22BN3O3/c1-3-4-7-20-10-14(18-19-20)11-22-16-8-13(9-17)5-6-15(16)23-12(2)21/h5-6,8,10H,3-4,7,9,11,17H2,1-2H3. The van der Waals surface area contributed by atoms with E-state index in [0.29, 0.717) is 11.5 Å². The molecule has 0 saturated heterocycles. The molecular weight excluding hydrogens is 293 g/mol. The van der Waals surface area contributed by atoms with E-state index in [4.69, 9.17) is 9.47 Å². The number of aryl methyl sites for hydroxylation is 1. The van der Waals surface area contributed by atoms with Crippen LogP contribution in [0.15, 0.2) is 24.4 Å². The topological polar surface area (TPSA) is 66.2 Å². The fraction of sp³-hybridized carbons (Fsp3) is 0.438. The molecule has 0 spiro atoms. The van der Waals surface area contributed by atoms with Crippen molar-refractivity contribution in [3.05, 3.63) is 35.7 Å². The second-order valence-corrected chi connectivity index (χ2v) is 5.34. The maximum absolute atomic E-state index is 11.2. The highest BCUT2D eigenvalue weighted by atomic mass is 16.6. The van der Waals surface area contributed by atoms with Crippen molar-refractivity contribution in [2.24, 2.45) is 0 Å². The van der Waals surface area contributed by atoms with Crippen molar-refractivity contribution in [3.8, 4) is 11.5 Å². The zero-order valence-electron chi connectivity index (χ0n) is 13.9. The lowest BCUT2D eigenvalue weighted by molar-refractivity contribution is -0.132. The Bertz CT molecular complexity index is 658. The van der Waals surface area contributed by atoms with Crippen LogP contribution in [-0.4, -0.2) is 28.8 Å². The third-order valence-electron chi connectivity index (χ3n) is 3.37. The molecular formula is C16H22BN3O3. The van der Waals surface area contributed by atoms with Crippen molar-refractivity contribution in [2.75, 3.05) is 0 Å². The number of hydrogen-bond donors (Lipinski definition) is 0. The number of benzene rings is 1. The first-order valence-electron chi connectivity index (χ1n) is 7.95. The van der Waals surface area contributed by atoms with Crippen molar-refractivity contribution in [3.63, 3.8) is 0 Å². The van der Waals surface area contributed by atoms with Gasteiger partial charge in [-0.15, -0.1) is 5.10 Å². The molecule has 0 unspecified atom stereocenters. The fourth-order valence-electron chi connectivity index (χ4n) is 2.11. The molecule has 0 aliphatic carbocycles. The minimum atomic E-state index is -0.371. The second kappa shape index (κ2) is 8.36. The summed E-state index contributed by atoms with van der Waals surface area (Å²) in [4.78, 5) is 11.2. The number of nitrogens with zero attached hydrogens (tertiary/aromatic N) is 3. The van der Waals surface area contributed by atoms with Gasteiger partial charge in [0.2, 0.25) is 0 Å². The number of carbonyl (C=O) groups is 1. The Balaban J connectivity index is 2.05. The number of ether oxygens (including phenoxy) is 2. The van der Waals surface area contributed by atoms with Crippen LogP contribution in [0.3, 0.4) is 0 Å². The van der Waals surface area contributed by atoms with E-state index < -0.39 is 0 Å². The summed E-state index contributed by atoms with van der Waals surface area (Å²) in [6.45, 7) is 4.65. The number of aromatic nitrogens is 3. The van der Waals surface area contributed by atoms with Crippen molar-refractivity contribution >= 4 is 13.8 Å². The smallest absolute Gasteiger partial charge is 0.308 e. The van der Waals surface area contributed by atoms with Crippen molar-refractivity contribution in [2.45, 2.75) is 46.2 Å². The van der Waals surface area contributed by atoms with Crippen LogP contribution in [-0.2, 0) is 24.3 Å². The minimum Gasteiger partial charge on any atom is -0.483 e. The Kier molecular flexibility index (Phi) is 6.20. The third kappa shape index (κ3) is 5.12. The summed E-state index contributed by atoms with van der Waals surface area (Å²) in [5, 5.41) is 8.17. The molecule has 122 valence electrons. The monoisotopic (exact) mass is 315 g/mol. The summed E-state index contributed by atoms with van der Waals surface area (Å²) in [6, 6.07) is 5.57.